The lowest BCUT2D eigenvalue weighted by Gasteiger charge is -2.13. The number of nitrogens with one attached hydrogen (secondary N) is 2. The Morgan fingerprint density at radius 3 is 2.54 bits per heavy atom. The number of aromatic amines is 1. The van der Waals surface area contributed by atoms with Gasteiger partial charge < -0.3 is 9.88 Å². The van der Waals surface area contributed by atoms with Gasteiger partial charge in [0.15, 0.2) is 0 Å². The topological polar surface area (TPSA) is 82.3 Å². The van der Waals surface area contributed by atoms with Gasteiger partial charge in [-0.2, -0.15) is 0 Å². The third-order valence-electron chi connectivity index (χ3n) is 3.97. The molecular weight excluding hydrogens is 350 g/mol. The minimum absolute atomic E-state index is 0.0546. The van der Waals surface area contributed by atoms with E-state index in [0.29, 0.717) is 10.7 Å². The van der Waals surface area contributed by atoms with E-state index in [1.807, 2.05) is 0 Å². The van der Waals surface area contributed by atoms with Crippen LogP contribution in [0.2, 0.25) is 5.02 Å². The van der Waals surface area contributed by atoms with Gasteiger partial charge in [0.05, 0.1) is 0 Å². The molecule has 0 spiro atoms. The number of rotatable bonds is 5. The summed E-state index contributed by atoms with van der Waals surface area (Å²) in [5, 5.41) is 0.595. The van der Waals surface area contributed by atoms with Crippen molar-refractivity contribution in [1.29, 1.82) is 0 Å². The van der Waals surface area contributed by atoms with Crippen molar-refractivity contribution >= 4 is 27.5 Å². The second-order valence-electron chi connectivity index (χ2n) is 5.70. The van der Waals surface area contributed by atoms with Crippen LogP contribution in [0.1, 0.15) is 28.9 Å². The van der Waals surface area contributed by atoms with Crippen LogP contribution in [0.25, 0.3) is 0 Å². The minimum atomic E-state index is -3.69. The molecule has 1 fully saturated rings. The Morgan fingerprint density at radius 2 is 1.88 bits per heavy atom. The van der Waals surface area contributed by atoms with Crippen molar-refractivity contribution in [3.63, 3.8) is 0 Å². The van der Waals surface area contributed by atoms with Gasteiger partial charge in [0.25, 0.3) is 5.91 Å². The molecule has 1 saturated heterocycles. The van der Waals surface area contributed by atoms with Gasteiger partial charge in [-0.05, 0) is 36.6 Å². The van der Waals surface area contributed by atoms with E-state index in [-0.39, 0.29) is 17.3 Å². The summed E-state index contributed by atoms with van der Waals surface area (Å²) in [4.78, 5) is 16.8. The molecule has 0 unspecified atom stereocenters. The normalized spacial score (nSPS) is 15.0. The zero-order valence-corrected chi connectivity index (χ0v) is 14.5. The summed E-state index contributed by atoms with van der Waals surface area (Å²) in [6, 6.07) is 8.29. The molecule has 0 aliphatic carbocycles. The molecule has 0 radical (unpaired) electrons. The highest BCUT2D eigenvalue weighted by Crippen LogP contribution is 2.16. The first-order valence-electron chi connectivity index (χ1n) is 7.67. The molecule has 6 nitrogen and oxygen atoms in total. The minimum Gasteiger partial charge on any atom is -0.356 e. The molecule has 0 atom stereocenters. The summed E-state index contributed by atoms with van der Waals surface area (Å²) >= 11 is 5.81. The van der Waals surface area contributed by atoms with Crippen LogP contribution in [-0.4, -0.2) is 37.3 Å². The van der Waals surface area contributed by atoms with Crippen molar-refractivity contribution in [3.05, 3.63) is 52.8 Å². The second-order valence-corrected chi connectivity index (χ2v) is 7.90. The molecule has 3 rings (SSSR count). The molecule has 128 valence electrons. The third-order valence-corrected chi connectivity index (χ3v) is 5.60. The number of amides is 1. The van der Waals surface area contributed by atoms with Crippen LogP contribution in [0.15, 0.2) is 41.4 Å². The molecule has 1 aliphatic rings. The zero-order chi connectivity index (χ0) is 17.2. The fraction of sp³-hybridized carbons (Fsp3) is 0.312. The quantitative estimate of drug-likeness (QED) is 0.851. The van der Waals surface area contributed by atoms with E-state index in [4.69, 9.17) is 11.6 Å². The van der Waals surface area contributed by atoms with Crippen molar-refractivity contribution in [3.8, 4) is 0 Å². The van der Waals surface area contributed by atoms with Crippen LogP contribution >= 0.6 is 11.6 Å². The van der Waals surface area contributed by atoms with Crippen LogP contribution in [0, 0.1) is 0 Å². The van der Waals surface area contributed by atoms with E-state index >= 15 is 0 Å². The monoisotopic (exact) mass is 367 g/mol. The van der Waals surface area contributed by atoms with E-state index in [1.165, 1.54) is 12.3 Å². The predicted octanol–water partition coefficient (Wildman–Crippen LogP) is 2.38. The lowest BCUT2D eigenvalue weighted by Crippen LogP contribution is -2.27. The molecule has 1 aromatic heterocycles. The number of H-pyrrole nitrogens is 1. The molecule has 24 heavy (non-hydrogen) atoms. The summed E-state index contributed by atoms with van der Waals surface area (Å²) in [5.41, 5.74) is 1.09. The SMILES string of the molecule is O=C(c1cc(S(=O)(=O)NCc2ccc(Cl)cc2)c[nH]1)N1CCCC1. The maximum atomic E-state index is 12.3. The Kier molecular flexibility index (Phi) is 4.93. The number of likely N-dealkylation sites (tertiary alicyclic amines) is 1. The molecule has 2 aromatic rings. The highest BCUT2D eigenvalue weighted by Gasteiger charge is 2.23. The van der Waals surface area contributed by atoms with Crippen molar-refractivity contribution in [2.24, 2.45) is 0 Å². The molecule has 8 heteroatoms. The first-order valence-corrected chi connectivity index (χ1v) is 9.54. The Bertz CT molecular complexity index is 825. The van der Waals surface area contributed by atoms with Gasteiger partial charge in [0.2, 0.25) is 10.0 Å². The largest absolute Gasteiger partial charge is 0.356 e. The molecule has 0 bridgehead atoms. The van der Waals surface area contributed by atoms with Crippen molar-refractivity contribution in [2.75, 3.05) is 13.1 Å². The van der Waals surface area contributed by atoms with Gasteiger partial charge >= 0.3 is 0 Å². The number of hydrogen-bond acceptors (Lipinski definition) is 3. The number of aromatic nitrogens is 1. The van der Waals surface area contributed by atoms with Gasteiger partial charge in [0, 0.05) is 30.9 Å². The molecule has 2 heterocycles. The van der Waals surface area contributed by atoms with Crippen molar-refractivity contribution in [2.45, 2.75) is 24.3 Å². The van der Waals surface area contributed by atoms with Crippen LogP contribution in [0.4, 0.5) is 0 Å². The number of nitrogens with zero attached hydrogens (tertiary/aromatic N) is 1. The van der Waals surface area contributed by atoms with Gasteiger partial charge in [-0.15, -0.1) is 0 Å². The Morgan fingerprint density at radius 1 is 1.21 bits per heavy atom. The lowest BCUT2D eigenvalue weighted by molar-refractivity contribution is 0.0787. The standard InChI is InChI=1S/C16H18ClN3O3S/c17-13-5-3-12(4-6-13)10-19-24(22,23)14-9-15(18-11-14)16(21)20-7-1-2-8-20/h3-6,9,11,18-19H,1-2,7-8,10H2. The van der Waals surface area contributed by atoms with Gasteiger partial charge in [0.1, 0.15) is 10.6 Å². The van der Waals surface area contributed by atoms with E-state index in [1.54, 1.807) is 29.2 Å². The Balaban J connectivity index is 1.68. The van der Waals surface area contributed by atoms with Crippen LogP contribution < -0.4 is 4.72 Å². The van der Waals surface area contributed by atoms with E-state index in [2.05, 4.69) is 9.71 Å². The molecule has 0 saturated carbocycles. The van der Waals surface area contributed by atoms with E-state index < -0.39 is 10.0 Å². The van der Waals surface area contributed by atoms with Gasteiger partial charge in [-0.3, -0.25) is 4.79 Å². The maximum absolute atomic E-state index is 12.3. The number of hydrogen-bond donors (Lipinski definition) is 2. The number of sulfonamides is 1. The van der Waals surface area contributed by atoms with Crippen LogP contribution in [0.5, 0.6) is 0 Å². The number of carbonyl (C=O) groups excluding carboxylic acids is 1. The first-order chi connectivity index (χ1) is 11.5. The summed E-state index contributed by atoms with van der Waals surface area (Å²) < 4.78 is 27.2. The average Bonchev–Trinajstić information content (AvgIpc) is 3.25. The van der Waals surface area contributed by atoms with E-state index in [9.17, 15) is 13.2 Å². The second kappa shape index (κ2) is 6.96. The van der Waals surface area contributed by atoms with E-state index in [0.717, 1.165) is 31.5 Å². The zero-order valence-electron chi connectivity index (χ0n) is 13.0. The Hall–Kier alpha value is -1.83. The fourth-order valence-electron chi connectivity index (χ4n) is 2.61. The smallest absolute Gasteiger partial charge is 0.270 e. The summed E-state index contributed by atoms with van der Waals surface area (Å²) in [6.45, 7) is 1.59. The summed E-state index contributed by atoms with van der Waals surface area (Å²) in [7, 11) is -3.69. The number of benzene rings is 1. The molecule has 1 aliphatic heterocycles. The maximum Gasteiger partial charge on any atom is 0.270 e. The highest BCUT2D eigenvalue weighted by atomic mass is 35.5. The highest BCUT2D eigenvalue weighted by molar-refractivity contribution is 7.89. The van der Waals surface area contributed by atoms with Crippen molar-refractivity contribution in [1.82, 2.24) is 14.6 Å². The van der Waals surface area contributed by atoms with Crippen molar-refractivity contribution < 1.29 is 13.2 Å². The Labute approximate surface area is 145 Å². The van der Waals surface area contributed by atoms with Crippen LogP contribution in [-0.2, 0) is 16.6 Å². The lowest BCUT2D eigenvalue weighted by atomic mass is 10.2. The molecular formula is C16H18ClN3O3S. The molecule has 1 amide bonds. The molecule has 1 aromatic carbocycles. The summed E-state index contributed by atoms with van der Waals surface area (Å²) in [5.74, 6) is -0.161. The first kappa shape index (κ1) is 17.0. The summed E-state index contributed by atoms with van der Waals surface area (Å²) in [6.07, 6.45) is 3.31. The fourth-order valence-corrected chi connectivity index (χ4v) is 3.74. The van der Waals surface area contributed by atoms with Gasteiger partial charge in [-0.1, -0.05) is 23.7 Å². The van der Waals surface area contributed by atoms with Gasteiger partial charge in [-0.25, -0.2) is 13.1 Å². The predicted molar refractivity (Wildman–Crippen MR) is 91.4 cm³/mol. The number of carbonyl (C=O) groups is 1. The average molecular weight is 368 g/mol. The number of halogens is 1. The van der Waals surface area contributed by atoms with Crippen LogP contribution in [0.3, 0.4) is 0 Å². The third kappa shape index (κ3) is 3.80. The molecule has 2 N–H and O–H groups in total.